The molecule has 3 heterocycles. The molecule has 2 N–H and O–H groups in total. The predicted octanol–water partition coefficient (Wildman–Crippen LogP) is 4.64. The fraction of sp³-hybridized carbons (Fsp3) is 0.333. The van der Waals surface area contributed by atoms with Crippen molar-refractivity contribution in [3.63, 3.8) is 0 Å². The molecule has 0 amide bonds. The molecule has 7 nitrogen and oxygen atoms in total. The largest absolute Gasteiger partial charge is 0.338 e. The third-order valence-corrected chi connectivity index (χ3v) is 6.53. The van der Waals surface area contributed by atoms with Crippen LogP contribution in [0.25, 0.3) is 21.1 Å². The van der Waals surface area contributed by atoms with Crippen LogP contribution in [0.15, 0.2) is 35.3 Å². The standard InChI is InChI=1S/C21H20N6OS/c1-12-24-15-7-6-14(10-18(15)29-12)25-20-19-17(8-9-23-21(19)28)27(26-20)16-5-3-2-4-13(16)11-22/h6-10,13,16H,2-5H2,1H3,(H,23,28)(H,25,26)/t13?,16-/m0/s1. The number of aromatic amines is 1. The summed E-state index contributed by atoms with van der Waals surface area (Å²) in [6.07, 6.45) is 5.54. The Balaban J connectivity index is 1.61. The first-order valence-corrected chi connectivity index (χ1v) is 10.6. The van der Waals surface area contributed by atoms with E-state index in [4.69, 9.17) is 5.10 Å². The molecule has 29 heavy (non-hydrogen) atoms. The van der Waals surface area contributed by atoms with Crippen LogP contribution in [-0.4, -0.2) is 19.7 Å². The second-order valence-corrected chi connectivity index (χ2v) is 8.72. The van der Waals surface area contributed by atoms with E-state index in [-0.39, 0.29) is 17.5 Å². The molecule has 1 fully saturated rings. The van der Waals surface area contributed by atoms with Crippen LogP contribution in [-0.2, 0) is 0 Å². The van der Waals surface area contributed by atoms with E-state index in [2.05, 4.69) is 21.4 Å². The molecule has 8 heteroatoms. The second-order valence-electron chi connectivity index (χ2n) is 7.49. The Morgan fingerprint density at radius 1 is 1.31 bits per heavy atom. The number of hydrogen-bond donors (Lipinski definition) is 2. The fourth-order valence-corrected chi connectivity index (χ4v) is 5.12. The van der Waals surface area contributed by atoms with Crippen LogP contribution in [0.1, 0.15) is 36.7 Å². The average Bonchev–Trinajstić information content (AvgIpc) is 3.28. The van der Waals surface area contributed by atoms with Gasteiger partial charge in [-0.15, -0.1) is 11.3 Å². The van der Waals surface area contributed by atoms with Gasteiger partial charge in [0.15, 0.2) is 5.82 Å². The molecule has 0 aliphatic heterocycles. The van der Waals surface area contributed by atoms with Gasteiger partial charge in [-0.1, -0.05) is 12.8 Å². The summed E-state index contributed by atoms with van der Waals surface area (Å²) in [5, 5.41) is 19.3. The Kier molecular flexibility index (Phi) is 4.32. The van der Waals surface area contributed by atoms with Crippen LogP contribution in [0.3, 0.4) is 0 Å². The van der Waals surface area contributed by atoms with Gasteiger partial charge in [-0.05, 0) is 44.0 Å². The van der Waals surface area contributed by atoms with Crippen molar-refractivity contribution in [2.75, 3.05) is 5.32 Å². The lowest BCUT2D eigenvalue weighted by atomic mass is 9.85. The minimum atomic E-state index is -0.185. The van der Waals surface area contributed by atoms with Gasteiger partial charge in [0.2, 0.25) is 0 Å². The molecule has 146 valence electrons. The number of fused-ring (bicyclic) bond motifs is 2. The van der Waals surface area contributed by atoms with E-state index < -0.39 is 0 Å². The summed E-state index contributed by atoms with van der Waals surface area (Å²) in [5.74, 6) is 0.431. The van der Waals surface area contributed by atoms with E-state index in [1.54, 1.807) is 17.5 Å². The average molecular weight is 404 g/mol. The van der Waals surface area contributed by atoms with Gasteiger partial charge in [0, 0.05) is 11.9 Å². The van der Waals surface area contributed by atoms with Crippen LogP contribution in [0, 0.1) is 24.2 Å². The highest BCUT2D eigenvalue weighted by atomic mass is 32.1. The van der Waals surface area contributed by atoms with E-state index in [0.717, 1.165) is 52.1 Å². The molecular weight excluding hydrogens is 384 g/mol. The summed E-state index contributed by atoms with van der Waals surface area (Å²) in [5.41, 5.74) is 2.40. The first-order valence-electron chi connectivity index (χ1n) is 9.78. The van der Waals surface area contributed by atoms with Crippen molar-refractivity contribution in [3.05, 3.63) is 45.8 Å². The molecule has 0 spiro atoms. The highest BCUT2D eigenvalue weighted by molar-refractivity contribution is 7.18. The Labute approximate surface area is 171 Å². The minimum absolute atomic E-state index is 0.0137. The predicted molar refractivity (Wildman–Crippen MR) is 115 cm³/mol. The molecule has 2 atom stereocenters. The number of thiazole rings is 1. The van der Waals surface area contributed by atoms with Crippen molar-refractivity contribution in [1.29, 1.82) is 5.26 Å². The number of rotatable bonds is 3. The molecule has 1 unspecified atom stereocenters. The van der Waals surface area contributed by atoms with E-state index >= 15 is 0 Å². The number of aromatic nitrogens is 4. The topological polar surface area (TPSA) is 99.4 Å². The molecule has 4 aromatic rings. The highest BCUT2D eigenvalue weighted by Gasteiger charge is 2.29. The second kappa shape index (κ2) is 7.01. The fourth-order valence-electron chi connectivity index (χ4n) is 4.25. The lowest BCUT2D eigenvalue weighted by Crippen LogP contribution is -2.23. The molecule has 1 aromatic carbocycles. The first kappa shape index (κ1) is 17.9. The number of anilines is 2. The maximum absolute atomic E-state index is 12.6. The van der Waals surface area contributed by atoms with Crippen LogP contribution in [0.5, 0.6) is 0 Å². The maximum atomic E-state index is 12.6. The number of pyridine rings is 1. The lowest BCUT2D eigenvalue weighted by molar-refractivity contribution is 0.277. The lowest BCUT2D eigenvalue weighted by Gasteiger charge is -2.27. The Hall–Kier alpha value is -3.18. The van der Waals surface area contributed by atoms with Gasteiger partial charge < -0.3 is 10.3 Å². The van der Waals surface area contributed by atoms with E-state index in [0.29, 0.717) is 11.2 Å². The van der Waals surface area contributed by atoms with Crippen molar-refractivity contribution in [2.24, 2.45) is 5.92 Å². The third kappa shape index (κ3) is 3.08. The van der Waals surface area contributed by atoms with Gasteiger partial charge in [-0.2, -0.15) is 10.4 Å². The van der Waals surface area contributed by atoms with Crippen LogP contribution in [0.4, 0.5) is 11.5 Å². The summed E-state index contributed by atoms with van der Waals surface area (Å²) in [7, 11) is 0. The third-order valence-electron chi connectivity index (χ3n) is 5.60. The van der Waals surface area contributed by atoms with Crippen LogP contribution in [0.2, 0.25) is 0 Å². The first-order chi connectivity index (χ1) is 14.1. The van der Waals surface area contributed by atoms with Gasteiger partial charge in [-0.25, -0.2) is 4.98 Å². The quantitative estimate of drug-likeness (QED) is 0.518. The van der Waals surface area contributed by atoms with Crippen molar-refractivity contribution >= 4 is 44.0 Å². The number of nitrogens with one attached hydrogen (secondary N) is 2. The zero-order valence-corrected chi connectivity index (χ0v) is 16.8. The number of benzene rings is 1. The highest BCUT2D eigenvalue weighted by Crippen LogP contribution is 2.36. The molecule has 3 aromatic heterocycles. The Bertz CT molecular complexity index is 1310. The SMILES string of the molecule is Cc1nc2ccc(Nc3nn([C@H]4CCCCC4C#N)c4cc[nH]c(=O)c34)cc2s1. The molecule has 1 aliphatic carbocycles. The Morgan fingerprint density at radius 3 is 3.03 bits per heavy atom. The molecular formula is C21H20N6OS. The summed E-state index contributed by atoms with van der Waals surface area (Å²) in [4.78, 5) is 19.9. The van der Waals surface area contributed by atoms with E-state index in [1.165, 1.54) is 0 Å². The molecule has 1 aliphatic rings. The Morgan fingerprint density at radius 2 is 2.17 bits per heavy atom. The normalized spacial score (nSPS) is 19.4. The summed E-state index contributed by atoms with van der Waals surface area (Å²) < 4.78 is 2.97. The zero-order valence-electron chi connectivity index (χ0n) is 16.0. The number of aryl methyl sites for hydroxylation is 1. The van der Waals surface area contributed by atoms with Gasteiger partial charge >= 0.3 is 0 Å². The zero-order chi connectivity index (χ0) is 20.0. The number of nitrogens with zero attached hydrogens (tertiary/aromatic N) is 4. The molecule has 5 rings (SSSR count). The summed E-state index contributed by atoms with van der Waals surface area (Å²) in [6.45, 7) is 1.99. The maximum Gasteiger partial charge on any atom is 0.261 e. The summed E-state index contributed by atoms with van der Waals surface area (Å²) >= 11 is 1.63. The van der Waals surface area contributed by atoms with Gasteiger partial charge in [-0.3, -0.25) is 9.48 Å². The van der Waals surface area contributed by atoms with Gasteiger partial charge in [0.05, 0.1) is 38.8 Å². The number of hydrogen-bond acceptors (Lipinski definition) is 6. The van der Waals surface area contributed by atoms with Crippen molar-refractivity contribution in [3.8, 4) is 6.07 Å². The van der Waals surface area contributed by atoms with Crippen LogP contribution >= 0.6 is 11.3 Å². The summed E-state index contributed by atoms with van der Waals surface area (Å²) in [6, 6.07) is 10.2. The smallest absolute Gasteiger partial charge is 0.261 e. The van der Waals surface area contributed by atoms with E-state index in [1.807, 2.05) is 35.9 Å². The monoisotopic (exact) mass is 404 g/mol. The van der Waals surface area contributed by atoms with Crippen molar-refractivity contribution in [1.82, 2.24) is 19.7 Å². The molecule has 0 bridgehead atoms. The molecule has 0 radical (unpaired) electrons. The van der Waals surface area contributed by atoms with Crippen molar-refractivity contribution < 1.29 is 0 Å². The number of nitriles is 1. The van der Waals surface area contributed by atoms with Gasteiger partial charge in [0.1, 0.15) is 5.39 Å². The minimum Gasteiger partial charge on any atom is -0.338 e. The molecule has 0 saturated heterocycles. The van der Waals surface area contributed by atoms with Crippen LogP contribution < -0.4 is 10.9 Å². The molecule has 1 saturated carbocycles. The van der Waals surface area contributed by atoms with Crippen molar-refractivity contribution in [2.45, 2.75) is 38.6 Å². The van der Waals surface area contributed by atoms with E-state index in [9.17, 15) is 10.1 Å². The number of H-pyrrole nitrogens is 1. The van der Waals surface area contributed by atoms with Gasteiger partial charge in [0.25, 0.3) is 5.56 Å².